The van der Waals surface area contributed by atoms with Crippen LogP contribution in [0, 0.1) is 29.9 Å². The second kappa shape index (κ2) is 6.29. The van der Waals surface area contributed by atoms with E-state index in [2.05, 4.69) is 0 Å². The summed E-state index contributed by atoms with van der Waals surface area (Å²) in [5.74, 6) is -0.793. The van der Waals surface area contributed by atoms with E-state index in [1.807, 2.05) is 30.2 Å². The number of halogens is 2. The third kappa shape index (κ3) is 2.81. The number of nitriles is 1. The van der Waals surface area contributed by atoms with Crippen LogP contribution in [0.3, 0.4) is 0 Å². The van der Waals surface area contributed by atoms with Crippen LogP contribution in [0.15, 0.2) is 48.6 Å². The Labute approximate surface area is 140 Å². The Balaban J connectivity index is 2.20. The Hall–Kier alpha value is -2.93. The minimum Gasteiger partial charge on any atom is -0.370 e. The van der Waals surface area contributed by atoms with Crippen molar-refractivity contribution >= 4 is 11.3 Å². The van der Waals surface area contributed by atoms with Crippen molar-refractivity contribution < 1.29 is 8.78 Å². The number of benzene rings is 2. The molecule has 0 bridgehead atoms. The maximum atomic E-state index is 14.0. The van der Waals surface area contributed by atoms with Gasteiger partial charge in [-0.25, -0.2) is 8.78 Å². The lowest BCUT2D eigenvalue weighted by atomic mass is 9.94. The Morgan fingerprint density at radius 3 is 2.46 bits per heavy atom. The summed E-state index contributed by atoms with van der Waals surface area (Å²) in [5, 5.41) is 8.89. The largest absolute Gasteiger partial charge is 0.370 e. The lowest BCUT2D eigenvalue weighted by molar-refractivity contribution is 0.533. The molecule has 0 saturated heterocycles. The lowest BCUT2D eigenvalue weighted by Gasteiger charge is -2.28. The van der Waals surface area contributed by atoms with Gasteiger partial charge in [-0.1, -0.05) is 18.2 Å². The third-order valence-electron chi connectivity index (χ3n) is 4.13. The van der Waals surface area contributed by atoms with Crippen molar-refractivity contribution in [2.45, 2.75) is 6.92 Å². The minimum atomic E-state index is -0.543. The van der Waals surface area contributed by atoms with E-state index in [1.54, 1.807) is 25.1 Å². The molecular formula is C20H16F2N2. The Morgan fingerprint density at radius 1 is 1.04 bits per heavy atom. The molecular weight excluding hydrogens is 306 g/mol. The molecule has 0 N–H and O–H groups in total. The Bertz CT molecular complexity index is 904. The highest BCUT2D eigenvalue weighted by Gasteiger charge is 2.18. The quantitative estimate of drug-likeness (QED) is 0.813. The zero-order valence-electron chi connectivity index (χ0n) is 13.5. The summed E-state index contributed by atoms with van der Waals surface area (Å²) in [4.78, 5) is 2.04. The van der Waals surface area contributed by atoms with Gasteiger partial charge in [0.1, 0.15) is 17.7 Å². The first kappa shape index (κ1) is 15.9. The van der Waals surface area contributed by atoms with Gasteiger partial charge in [0, 0.05) is 19.2 Å². The Kier molecular flexibility index (Phi) is 4.18. The van der Waals surface area contributed by atoms with E-state index in [0.29, 0.717) is 17.7 Å². The fraction of sp³-hybridized carbons (Fsp3) is 0.150. The van der Waals surface area contributed by atoms with Crippen molar-refractivity contribution in [2.75, 3.05) is 13.6 Å². The van der Waals surface area contributed by atoms with Crippen LogP contribution in [-0.4, -0.2) is 18.5 Å². The van der Waals surface area contributed by atoms with E-state index in [0.717, 1.165) is 16.8 Å². The van der Waals surface area contributed by atoms with Crippen LogP contribution in [0.1, 0.15) is 22.3 Å². The molecule has 24 heavy (non-hydrogen) atoms. The van der Waals surface area contributed by atoms with Gasteiger partial charge in [0.25, 0.3) is 0 Å². The van der Waals surface area contributed by atoms with Crippen LogP contribution in [0.4, 0.5) is 8.78 Å². The topological polar surface area (TPSA) is 27.0 Å². The van der Waals surface area contributed by atoms with Crippen LogP contribution in [0.25, 0.3) is 11.3 Å². The summed E-state index contributed by atoms with van der Waals surface area (Å²) in [6.45, 7) is 2.44. The molecule has 0 saturated carbocycles. The summed E-state index contributed by atoms with van der Waals surface area (Å²) < 4.78 is 27.6. The van der Waals surface area contributed by atoms with Gasteiger partial charge in [0.2, 0.25) is 0 Å². The number of hydrogen-bond donors (Lipinski definition) is 0. The van der Waals surface area contributed by atoms with E-state index in [4.69, 9.17) is 5.26 Å². The molecule has 0 spiro atoms. The monoisotopic (exact) mass is 322 g/mol. The molecule has 0 aromatic heterocycles. The molecule has 1 aliphatic heterocycles. The zero-order valence-corrected chi connectivity index (χ0v) is 13.5. The van der Waals surface area contributed by atoms with E-state index in [9.17, 15) is 8.78 Å². The maximum absolute atomic E-state index is 14.0. The van der Waals surface area contributed by atoms with Gasteiger partial charge in [-0.3, -0.25) is 0 Å². The van der Waals surface area contributed by atoms with Crippen molar-refractivity contribution in [3.8, 4) is 6.07 Å². The first-order valence-corrected chi connectivity index (χ1v) is 7.59. The maximum Gasteiger partial charge on any atom is 0.141 e. The molecule has 0 aliphatic carbocycles. The summed E-state index contributed by atoms with van der Waals surface area (Å²) in [6, 6.07) is 11.4. The summed E-state index contributed by atoms with van der Waals surface area (Å²) in [6.07, 6.45) is 3.93. The fourth-order valence-electron chi connectivity index (χ4n) is 2.88. The van der Waals surface area contributed by atoms with Crippen LogP contribution >= 0.6 is 0 Å². The molecule has 3 rings (SSSR count). The average molecular weight is 322 g/mol. The molecule has 2 aromatic carbocycles. The SMILES string of the molecule is Cc1cc(C2=C(c3ccc(C#N)c(F)c3)C=CCN2C)ccc1F. The van der Waals surface area contributed by atoms with Gasteiger partial charge in [0.05, 0.1) is 11.3 Å². The highest BCUT2D eigenvalue weighted by atomic mass is 19.1. The molecule has 1 heterocycles. The number of aryl methyl sites for hydroxylation is 1. The summed E-state index contributed by atoms with van der Waals surface area (Å²) in [5.41, 5.74) is 3.90. The molecule has 4 heteroatoms. The molecule has 0 amide bonds. The second-order valence-electron chi connectivity index (χ2n) is 5.82. The van der Waals surface area contributed by atoms with Crippen molar-refractivity contribution in [2.24, 2.45) is 0 Å². The van der Waals surface area contributed by atoms with Gasteiger partial charge >= 0.3 is 0 Å². The number of rotatable bonds is 2. The van der Waals surface area contributed by atoms with Crippen LogP contribution in [-0.2, 0) is 0 Å². The van der Waals surface area contributed by atoms with Gasteiger partial charge < -0.3 is 4.90 Å². The zero-order chi connectivity index (χ0) is 17.3. The fourth-order valence-corrected chi connectivity index (χ4v) is 2.88. The third-order valence-corrected chi connectivity index (χ3v) is 4.13. The van der Waals surface area contributed by atoms with E-state index in [-0.39, 0.29) is 11.4 Å². The summed E-state index contributed by atoms with van der Waals surface area (Å²) in [7, 11) is 1.94. The molecule has 2 nitrogen and oxygen atoms in total. The number of hydrogen-bond acceptors (Lipinski definition) is 2. The molecule has 0 unspecified atom stereocenters. The Morgan fingerprint density at radius 2 is 1.79 bits per heavy atom. The van der Waals surface area contributed by atoms with Gasteiger partial charge in [-0.15, -0.1) is 0 Å². The second-order valence-corrected chi connectivity index (χ2v) is 5.82. The van der Waals surface area contributed by atoms with Crippen molar-refractivity contribution in [3.63, 3.8) is 0 Å². The normalized spacial score (nSPS) is 14.0. The smallest absolute Gasteiger partial charge is 0.141 e. The first-order valence-electron chi connectivity index (χ1n) is 7.59. The molecule has 120 valence electrons. The number of likely N-dealkylation sites (N-methyl/N-ethyl adjacent to an activating group) is 1. The van der Waals surface area contributed by atoms with Gasteiger partial charge in [-0.2, -0.15) is 5.26 Å². The summed E-state index contributed by atoms with van der Waals surface area (Å²) >= 11 is 0. The molecule has 0 fully saturated rings. The molecule has 0 atom stereocenters. The standard InChI is InChI=1S/C20H16F2N2/c1-13-10-15(7-8-18(13)21)20-17(4-3-9-24(20)2)14-5-6-16(12-23)19(22)11-14/h3-8,10-11H,9H2,1-2H3. The highest BCUT2D eigenvalue weighted by molar-refractivity contribution is 5.95. The number of nitrogens with zero attached hydrogens (tertiary/aromatic N) is 2. The van der Waals surface area contributed by atoms with E-state index in [1.165, 1.54) is 18.2 Å². The molecule has 1 aliphatic rings. The van der Waals surface area contributed by atoms with E-state index >= 15 is 0 Å². The number of allylic oxidation sites excluding steroid dienone is 2. The van der Waals surface area contributed by atoms with Gasteiger partial charge in [-0.05, 0) is 53.9 Å². The predicted molar refractivity (Wildman–Crippen MR) is 90.8 cm³/mol. The average Bonchev–Trinajstić information content (AvgIpc) is 2.57. The van der Waals surface area contributed by atoms with Crippen LogP contribution in [0.2, 0.25) is 0 Å². The van der Waals surface area contributed by atoms with Crippen molar-refractivity contribution in [3.05, 3.63) is 82.4 Å². The van der Waals surface area contributed by atoms with E-state index < -0.39 is 5.82 Å². The minimum absolute atomic E-state index is 0.0201. The highest BCUT2D eigenvalue weighted by Crippen LogP contribution is 2.33. The molecule has 2 aromatic rings. The van der Waals surface area contributed by atoms with Crippen molar-refractivity contribution in [1.29, 1.82) is 5.26 Å². The molecule has 0 radical (unpaired) electrons. The first-order chi connectivity index (χ1) is 11.5. The van der Waals surface area contributed by atoms with Crippen LogP contribution in [0.5, 0.6) is 0 Å². The van der Waals surface area contributed by atoms with Gasteiger partial charge in [0.15, 0.2) is 0 Å². The lowest BCUT2D eigenvalue weighted by Crippen LogP contribution is -2.21. The van der Waals surface area contributed by atoms with Crippen LogP contribution < -0.4 is 0 Å². The van der Waals surface area contributed by atoms with Crippen molar-refractivity contribution in [1.82, 2.24) is 4.90 Å². The predicted octanol–water partition coefficient (Wildman–Crippen LogP) is 4.51.